The second kappa shape index (κ2) is 4.04. The van der Waals surface area contributed by atoms with E-state index < -0.39 is 5.54 Å². The highest BCUT2D eigenvalue weighted by atomic mass is 32.2. The molecule has 0 aliphatic carbocycles. The zero-order valence-electron chi connectivity index (χ0n) is 9.55. The second-order valence-electron chi connectivity index (χ2n) is 4.58. The summed E-state index contributed by atoms with van der Waals surface area (Å²) in [5.41, 5.74) is -1.23. The van der Waals surface area contributed by atoms with Crippen molar-refractivity contribution >= 4 is 23.0 Å². The van der Waals surface area contributed by atoms with E-state index in [4.69, 9.17) is 4.74 Å². The number of ether oxygens (including phenoxy) is 1. The van der Waals surface area contributed by atoms with Gasteiger partial charge < -0.3 is 10.1 Å². The first-order valence-electron chi connectivity index (χ1n) is 4.95. The molecule has 15 heavy (non-hydrogen) atoms. The molecule has 5 heteroatoms. The van der Waals surface area contributed by atoms with Crippen molar-refractivity contribution in [3.63, 3.8) is 0 Å². The Kier molecular flexibility index (Phi) is 3.33. The molecule has 0 radical (unpaired) electrons. The lowest BCUT2D eigenvalue weighted by atomic mass is 9.75. The molecule has 0 aromatic rings. The lowest BCUT2D eigenvalue weighted by Gasteiger charge is -2.38. The van der Waals surface area contributed by atoms with Gasteiger partial charge in [-0.2, -0.15) is 0 Å². The van der Waals surface area contributed by atoms with Gasteiger partial charge in [-0.1, -0.05) is 32.5 Å². The summed E-state index contributed by atoms with van der Waals surface area (Å²) in [5.74, 6) is 0.101. The molecule has 1 amide bonds. The number of carbonyl (C=O) groups is 2. The van der Waals surface area contributed by atoms with E-state index in [1.54, 1.807) is 6.92 Å². The molecule has 0 saturated carbocycles. The Morgan fingerprint density at radius 1 is 1.60 bits per heavy atom. The van der Waals surface area contributed by atoms with Crippen molar-refractivity contribution in [2.75, 3.05) is 12.4 Å². The Bertz CT molecular complexity index is 285. The van der Waals surface area contributed by atoms with Crippen LogP contribution in [0.2, 0.25) is 0 Å². The molecule has 1 rings (SSSR count). The normalized spacial score (nSPS) is 26.3. The first-order chi connectivity index (χ1) is 6.83. The predicted octanol–water partition coefficient (Wildman–Crippen LogP) is 1.79. The summed E-state index contributed by atoms with van der Waals surface area (Å²) in [6.07, 6.45) is 0. The lowest BCUT2D eigenvalue weighted by molar-refractivity contribution is -0.154. The smallest absolute Gasteiger partial charge is 0.333 e. The maximum absolute atomic E-state index is 11.9. The fourth-order valence-electron chi connectivity index (χ4n) is 1.49. The van der Waals surface area contributed by atoms with Gasteiger partial charge in [0.25, 0.3) is 5.24 Å². The van der Waals surface area contributed by atoms with E-state index in [9.17, 15) is 9.59 Å². The molecule has 1 atom stereocenters. The van der Waals surface area contributed by atoms with Gasteiger partial charge in [-0.25, -0.2) is 4.79 Å². The summed E-state index contributed by atoms with van der Waals surface area (Å²) in [6.45, 7) is 7.87. The van der Waals surface area contributed by atoms with E-state index in [-0.39, 0.29) is 16.6 Å². The van der Waals surface area contributed by atoms with E-state index in [0.717, 1.165) is 11.8 Å². The van der Waals surface area contributed by atoms with Gasteiger partial charge in [0.05, 0.1) is 6.61 Å². The molecule has 0 aromatic heterocycles. The molecule has 1 fully saturated rings. The minimum atomic E-state index is -0.884. The zero-order chi connectivity index (χ0) is 11.7. The highest BCUT2D eigenvalue weighted by Gasteiger charge is 2.54. The average molecular weight is 231 g/mol. The molecule has 0 unspecified atom stereocenters. The molecule has 0 bridgehead atoms. The molecular weight excluding hydrogens is 214 g/mol. The van der Waals surface area contributed by atoms with Crippen LogP contribution in [-0.2, 0) is 9.53 Å². The molecule has 1 saturated heterocycles. The maximum atomic E-state index is 11.9. The van der Waals surface area contributed by atoms with Gasteiger partial charge in [0.1, 0.15) is 0 Å². The van der Waals surface area contributed by atoms with Crippen LogP contribution in [0.5, 0.6) is 0 Å². The van der Waals surface area contributed by atoms with Crippen LogP contribution in [0.15, 0.2) is 0 Å². The van der Waals surface area contributed by atoms with Gasteiger partial charge in [-0.3, -0.25) is 4.79 Å². The summed E-state index contributed by atoms with van der Waals surface area (Å²) < 4.78 is 5.04. The van der Waals surface area contributed by atoms with E-state index >= 15 is 0 Å². The van der Waals surface area contributed by atoms with E-state index in [2.05, 4.69) is 5.32 Å². The number of carbonyl (C=O) groups excluding carboxylic acids is 2. The third-order valence-electron chi connectivity index (χ3n) is 2.64. The number of thioether (sulfide) groups is 1. The van der Waals surface area contributed by atoms with E-state index in [1.807, 2.05) is 20.8 Å². The van der Waals surface area contributed by atoms with Gasteiger partial charge >= 0.3 is 5.97 Å². The number of esters is 1. The van der Waals surface area contributed by atoms with Crippen LogP contribution in [0.3, 0.4) is 0 Å². The monoisotopic (exact) mass is 231 g/mol. The van der Waals surface area contributed by atoms with Gasteiger partial charge in [-0.15, -0.1) is 0 Å². The average Bonchev–Trinajstić information content (AvgIpc) is 2.48. The molecule has 1 N–H and O–H groups in total. The number of hydrogen-bond acceptors (Lipinski definition) is 4. The quantitative estimate of drug-likeness (QED) is 0.736. The standard InChI is InChI=1S/C10H17NO3S/c1-5-14-7(12)10(9(2,3)4)6-15-8(13)11-10/h5-6H2,1-4H3,(H,11,13)/t10-/m1/s1. The van der Waals surface area contributed by atoms with Crippen molar-refractivity contribution in [3.05, 3.63) is 0 Å². The van der Waals surface area contributed by atoms with Gasteiger partial charge in [0.15, 0.2) is 5.54 Å². The van der Waals surface area contributed by atoms with Crippen molar-refractivity contribution in [2.45, 2.75) is 33.2 Å². The van der Waals surface area contributed by atoms with Crippen LogP contribution >= 0.6 is 11.8 Å². The fraction of sp³-hybridized carbons (Fsp3) is 0.800. The predicted molar refractivity (Wildman–Crippen MR) is 59.8 cm³/mol. The Morgan fingerprint density at radius 3 is 2.53 bits per heavy atom. The molecule has 4 nitrogen and oxygen atoms in total. The van der Waals surface area contributed by atoms with Crippen LogP contribution in [0.1, 0.15) is 27.7 Å². The topological polar surface area (TPSA) is 55.4 Å². The molecule has 0 aromatic carbocycles. The van der Waals surface area contributed by atoms with Crippen molar-refractivity contribution in [1.82, 2.24) is 5.32 Å². The third kappa shape index (κ3) is 2.12. The molecular formula is C10H17NO3S. The van der Waals surface area contributed by atoms with Crippen molar-refractivity contribution < 1.29 is 14.3 Å². The van der Waals surface area contributed by atoms with Crippen LogP contribution in [0, 0.1) is 5.41 Å². The molecule has 0 spiro atoms. The summed E-state index contributed by atoms with van der Waals surface area (Å²) >= 11 is 1.13. The summed E-state index contributed by atoms with van der Waals surface area (Å²) in [7, 11) is 0. The van der Waals surface area contributed by atoms with Crippen LogP contribution in [-0.4, -0.2) is 29.1 Å². The number of amides is 1. The second-order valence-corrected chi connectivity index (χ2v) is 5.53. The number of hydrogen-bond donors (Lipinski definition) is 1. The maximum Gasteiger partial charge on any atom is 0.333 e. The first-order valence-corrected chi connectivity index (χ1v) is 5.94. The van der Waals surface area contributed by atoms with Gasteiger partial charge in [-0.05, 0) is 12.3 Å². The molecule has 86 valence electrons. The van der Waals surface area contributed by atoms with E-state index in [1.165, 1.54) is 0 Å². The highest BCUT2D eigenvalue weighted by molar-refractivity contribution is 8.14. The van der Waals surface area contributed by atoms with Gasteiger partial charge in [0.2, 0.25) is 0 Å². The number of nitrogens with one attached hydrogen (secondary N) is 1. The zero-order valence-corrected chi connectivity index (χ0v) is 10.4. The lowest BCUT2D eigenvalue weighted by Crippen LogP contribution is -2.60. The molecule has 1 heterocycles. The van der Waals surface area contributed by atoms with Crippen LogP contribution < -0.4 is 5.32 Å². The Labute approximate surface area is 94.1 Å². The first kappa shape index (κ1) is 12.4. The number of rotatable bonds is 2. The Hall–Kier alpha value is -0.710. The Balaban J connectivity index is 2.98. The Morgan fingerprint density at radius 2 is 2.20 bits per heavy atom. The summed E-state index contributed by atoms with van der Waals surface area (Å²) in [5, 5.41) is 2.59. The highest BCUT2D eigenvalue weighted by Crippen LogP contribution is 2.39. The minimum Gasteiger partial charge on any atom is -0.464 e. The van der Waals surface area contributed by atoms with Crippen LogP contribution in [0.25, 0.3) is 0 Å². The van der Waals surface area contributed by atoms with Crippen molar-refractivity contribution in [1.29, 1.82) is 0 Å². The SMILES string of the molecule is CCOC(=O)[C@@]1(C(C)(C)C)CSC(=O)N1. The molecule has 1 aliphatic rings. The molecule has 1 aliphatic heterocycles. The fourth-order valence-corrected chi connectivity index (χ4v) is 2.71. The van der Waals surface area contributed by atoms with E-state index in [0.29, 0.717) is 12.4 Å². The largest absolute Gasteiger partial charge is 0.464 e. The van der Waals surface area contributed by atoms with Crippen molar-refractivity contribution in [2.24, 2.45) is 5.41 Å². The van der Waals surface area contributed by atoms with Gasteiger partial charge in [0, 0.05) is 5.75 Å². The summed E-state index contributed by atoms with van der Waals surface area (Å²) in [6, 6.07) is 0. The summed E-state index contributed by atoms with van der Waals surface area (Å²) in [4.78, 5) is 23.2. The van der Waals surface area contributed by atoms with Crippen LogP contribution in [0.4, 0.5) is 4.79 Å². The minimum absolute atomic E-state index is 0.155. The third-order valence-corrected chi connectivity index (χ3v) is 3.58. The van der Waals surface area contributed by atoms with Crippen molar-refractivity contribution in [3.8, 4) is 0 Å².